The number of amidine groups is 1. The van der Waals surface area contributed by atoms with Gasteiger partial charge in [0, 0.05) is 37.0 Å². The lowest BCUT2D eigenvalue weighted by molar-refractivity contribution is -0.141. The molecule has 1 saturated heterocycles. The first-order valence-electron chi connectivity index (χ1n) is 12.5. The number of piperidine rings is 1. The Morgan fingerprint density at radius 2 is 1.85 bits per heavy atom. The second kappa shape index (κ2) is 9.83. The maximum Gasteiger partial charge on any atom is 0.488 e. The number of carbonyl (C=O) groups excluding carboxylic acids is 1. The minimum absolute atomic E-state index is 0.0203. The van der Waals surface area contributed by atoms with Crippen molar-refractivity contribution < 1.29 is 41.5 Å². The lowest BCUT2D eigenvalue weighted by Crippen LogP contribution is -2.49. The van der Waals surface area contributed by atoms with Crippen molar-refractivity contribution in [2.75, 3.05) is 25.1 Å². The fraction of sp³-hybridized carbons (Fsp3) is 0.480. The molecule has 8 nitrogen and oxygen atoms in total. The molecule has 1 saturated carbocycles. The average Bonchev–Trinajstić information content (AvgIpc) is 3.18. The number of hydrogen-bond donors (Lipinski definition) is 3. The number of nitrogens with one attached hydrogen (secondary N) is 1. The number of hydrogen-bond acceptors (Lipinski definition) is 7. The number of rotatable bonds is 6. The summed E-state index contributed by atoms with van der Waals surface area (Å²) in [7, 11) is -0.488. The molecule has 3 heterocycles. The summed E-state index contributed by atoms with van der Waals surface area (Å²) in [5, 5.41) is 21.8. The highest BCUT2D eigenvalue weighted by Gasteiger charge is 2.49. The van der Waals surface area contributed by atoms with E-state index in [1.54, 1.807) is 4.90 Å². The summed E-state index contributed by atoms with van der Waals surface area (Å²) in [6.07, 6.45) is -3.85. The smallest absolute Gasteiger partial charge is 0.423 e. The monoisotopic (exact) mass is 552 g/mol. The molecule has 14 heteroatoms. The number of aliphatic imine (C=N–C) groups is 1. The van der Waals surface area contributed by atoms with E-state index in [2.05, 4.69) is 15.3 Å². The van der Waals surface area contributed by atoms with Gasteiger partial charge in [0.2, 0.25) is 0 Å². The molecule has 1 aliphatic carbocycles. The molecule has 3 aliphatic rings. The number of amides is 1. The summed E-state index contributed by atoms with van der Waals surface area (Å²) in [5.41, 5.74) is -4.30. The van der Waals surface area contributed by atoms with Gasteiger partial charge in [0.15, 0.2) is 5.67 Å². The molecule has 1 aromatic heterocycles. The molecule has 0 bridgehead atoms. The molecule has 2 aromatic rings. The second-order valence-corrected chi connectivity index (χ2v) is 10.1. The van der Waals surface area contributed by atoms with Gasteiger partial charge in [-0.05, 0) is 61.8 Å². The Morgan fingerprint density at radius 1 is 1.15 bits per heavy atom. The number of halogens is 5. The van der Waals surface area contributed by atoms with Gasteiger partial charge in [-0.3, -0.25) is 9.79 Å². The summed E-state index contributed by atoms with van der Waals surface area (Å²) < 4.78 is 75.3. The van der Waals surface area contributed by atoms with Gasteiger partial charge in [-0.15, -0.1) is 0 Å². The van der Waals surface area contributed by atoms with E-state index < -0.39 is 41.9 Å². The van der Waals surface area contributed by atoms with Gasteiger partial charge < -0.3 is 25.0 Å². The summed E-state index contributed by atoms with van der Waals surface area (Å²) >= 11 is 0. The third kappa shape index (κ3) is 4.89. The van der Waals surface area contributed by atoms with Gasteiger partial charge in [0.1, 0.15) is 22.9 Å². The highest BCUT2D eigenvalue weighted by molar-refractivity contribution is 6.58. The maximum atomic E-state index is 15.4. The SMILES string of the molecule is COCc1c(F)cc(B(O)O)cc1N1CCC2(CC1)N=C(c1ccc(C(F)(F)F)nc1C1(F)CCC1)NC2=O. The molecular weight excluding hydrogens is 526 g/mol. The molecule has 2 fully saturated rings. The van der Waals surface area contributed by atoms with Gasteiger partial charge in [0.05, 0.1) is 12.3 Å². The van der Waals surface area contributed by atoms with E-state index in [9.17, 15) is 32.4 Å². The van der Waals surface area contributed by atoms with Crippen LogP contribution in [0.1, 0.15) is 54.6 Å². The van der Waals surface area contributed by atoms with E-state index in [1.165, 1.54) is 13.2 Å². The van der Waals surface area contributed by atoms with Crippen LogP contribution < -0.4 is 15.7 Å². The van der Waals surface area contributed by atoms with Crippen molar-refractivity contribution in [1.82, 2.24) is 10.3 Å². The number of pyridine rings is 1. The largest absolute Gasteiger partial charge is 0.488 e. The number of benzene rings is 1. The van der Waals surface area contributed by atoms with Crippen LogP contribution in [0.5, 0.6) is 0 Å². The van der Waals surface area contributed by atoms with E-state index in [4.69, 9.17) is 4.74 Å². The zero-order valence-electron chi connectivity index (χ0n) is 21.0. The van der Waals surface area contributed by atoms with Crippen molar-refractivity contribution in [3.63, 3.8) is 0 Å². The third-order valence-electron chi connectivity index (χ3n) is 7.70. The van der Waals surface area contributed by atoms with Crippen molar-refractivity contribution in [3.05, 3.63) is 52.6 Å². The minimum Gasteiger partial charge on any atom is -0.423 e. The third-order valence-corrected chi connectivity index (χ3v) is 7.70. The molecular formula is C25H26BF5N4O4. The number of alkyl halides is 4. The van der Waals surface area contributed by atoms with Crippen LogP contribution in [0, 0.1) is 5.82 Å². The van der Waals surface area contributed by atoms with Crippen molar-refractivity contribution >= 4 is 30.0 Å². The van der Waals surface area contributed by atoms with Crippen molar-refractivity contribution in [3.8, 4) is 0 Å². The molecule has 39 heavy (non-hydrogen) atoms. The lowest BCUT2D eigenvalue weighted by atomic mass is 9.77. The highest BCUT2D eigenvalue weighted by atomic mass is 19.4. The van der Waals surface area contributed by atoms with E-state index in [0.717, 1.165) is 18.2 Å². The summed E-state index contributed by atoms with van der Waals surface area (Å²) in [5.74, 6) is -1.16. The summed E-state index contributed by atoms with van der Waals surface area (Å²) in [4.78, 5) is 23.1. The van der Waals surface area contributed by atoms with Crippen LogP contribution in [0.3, 0.4) is 0 Å². The van der Waals surface area contributed by atoms with Crippen molar-refractivity contribution in [2.45, 2.75) is 56.1 Å². The molecule has 0 radical (unpaired) electrons. The molecule has 1 amide bonds. The quantitative estimate of drug-likeness (QED) is 0.376. The number of carbonyl (C=O) groups is 1. The first kappa shape index (κ1) is 27.5. The molecule has 1 aromatic carbocycles. The van der Waals surface area contributed by atoms with Crippen LogP contribution in [0.25, 0.3) is 0 Å². The fourth-order valence-electron chi connectivity index (χ4n) is 5.34. The summed E-state index contributed by atoms with van der Waals surface area (Å²) in [6.45, 7) is 0.398. The standard InChI is InChI=1S/C25H26BF5N4O4/c1-39-13-16-17(27)11-14(26(37)38)12-18(16)35-9-7-24(8-10-35)22(36)33-21(34-24)15-3-4-19(25(29,30)31)32-20(15)23(28)5-2-6-23/h3-4,11-12,37-38H,2,5-10,13H2,1H3,(H,33,34,36). The van der Waals surface area contributed by atoms with Crippen molar-refractivity contribution in [1.29, 1.82) is 0 Å². The van der Waals surface area contributed by atoms with Gasteiger partial charge in [-0.25, -0.2) is 13.8 Å². The van der Waals surface area contributed by atoms with Gasteiger partial charge in [0.25, 0.3) is 5.91 Å². The molecule has 0 unspecified atom stereocenters. The molecule has 208 valence electrons. The Bertz CT molecular complexity index is 1320. The molecule has 2 aliphatic heterocycles. The Balaban J connectivity index is 1.45. The number of nitrogens with zero attached hydrogens (tertiary/aromatic N) is 3. The van der Waals surface area contributed by atoms with Gasteiger partial charge in [-0.1, -0.05) is 0 Å². The van der Waals surface area contributed by atoms with Crippen LogP contribution in [0.15, 0.2) is 29.3 Å². The topological polar surface area (TPSA) is 107 Å². The number of aromatic nitrogens is 1. The van der Waals surface area contributed by atoms with Crippen LogP contribution in [0.4, 0.5) is 27.6 Å². The zero-order valence-corrected chi connectivity index (χ0v) is 21.0. The normalized spacial score (nSPS) is 20.1. The van der Waals surface area contributed by atoms with Crippen LogP contribution in [0.2, 0.25) is 0 Å². The zero-order chi connectivity index (χ0) is 28.2. The molecule has 3 N–H and O–H groups in total. The van der Waals surface area contributed by atoms with Crippen molar-refractivity contribution in [2.24, 2.45) is 4.99 Å². The molecule has 5 rings (SSSR count). The Labute approximate surface area is 221 Å². The predicted molar refractivity (Wildman–Crippen MR) is 132 cm³/mol. The first-order valence-corrected chi connectivity index (χ1v) is 12.5. The van der Waals surface area contributed by atoms with E-state index in [1.807, 2.05) is 0 Å². The number of ether oxygens (including phenoxy) is 1. The van der Waals surface area contributed by atoms with E-state index in [-0.39, 0.29) is 73.5 Å². The lowest BCUT2D eigenvalue weighted by Gasteiger charge is -2.38. The molecule has 1 spiro atoms. The summed E-state index contributed by atoms with van der Waals surface area (Å²) in [6, 6.07) is 4.31. The van der Waals surface area contributed by atoms with Gasteiger partial charge in [-0.2, -0.15) is 13.2 Å². The Hall–Kier alpha value is -3.10. The number of methoxy groups -OCH3 is 1. The van der Waals surface area contributed by atoms with Crippen LogP contribution in [-0.4, -0.2) is 59.6 Å². The second-order valence-electron chi connectivity index (χ2n) is 10.1. The van der Waals surface area contributed by atoms with Crippen LogP contribution >= 0.6 is 0 Å². The highest BCUT2D eigenvalue weighted by Crippen LogP contribution is 2.47. The predicted octanol–water partition coefficient (Wildman–Crippen LogP) is 2.33. The van der Waals surface area contributed by atoms with Crippen LogP contribution in [-0.2, 0) is 28.0 Å². The van der Waals surface area contributed by atoms with E-state index >= 15 is 4.39 Å². The fourth-order valence-corrected chi connectivity index (χ4v) is 5.34. The Morgan fingerprint density at radius 3 is 2.41 bits per heavy atom. The van der Waals surface area contributed by atoms with Gasteiger partial charge >= 0.3 is 13.3 Å². The first-order chi connectivity index (χ1) is 18.4. The minimum atomic E-state index is -4.76. The molecule has 0 atom stereocenters. The average molecular weight is 552 g/mol. The Kier molecular flexibility index (Phi) is 6.92. The maximum absolute atomic E-state index is 15.4. The van der Waals surface area contributed by atoms with E-state index in [0.29, 0.717) is 12.1 Å². The number of anilines is 1.